The molecule has 0 fully saturated rings. The van der Waals surface area contributed by atoms with Crippen molar-refractivity contribution in [1.29, 1.82) is 0 Å². The normalized spacial score (nSPS) is 13.1. The largest absolute Gasteiger partial charge is 0.416 e. The summed E-state index contributed by atoms with van der Waals surface area (Å²) in [4.78, 5) is 26.7. The molecule has 3 aromatic rings. The first-order chi connectivity index (χ1) is 15.6. The Bertz CT molecular complexity index is 1230. The molecule has 0 aliphatic carbocycles. The molecule has 10 heteroatoms. The van der Waals surface area contributed by atoms with Crippen molar-refractivity contribution < 1.29 is 22.8 Å². The Balaban J connectivity index is 1.43. The molecule has 1 aliphatic heterocycles. The number of hydrogen-bond donors (Lipinski definition) is 2. The lowest BCUT2D eigenvalue weighted by Gasteiger charge is -2.19. The first-order valence-electron chi connectivity index (χ1n) is 9.71. The van der Waals surface area contributed by atoms with Gasteiger partial charge in [-0.1, -0.05) is 29.3 Å². The molecule has 0 spiro atoms. The van der Waals surface area contributed by atoms with Crippen molar-refractivity contribution in [3.05, 3.63) is 87.4 Å². The minimum absolute atomic E-state index is 0.100. The number of rotatable bonds is 4. The van der Waals surface area contributed by atoms with E-state index in [0.29, 0.717) is 27.8 Å². The summed E-state index contributed by atoms with van der Waals surface area (Å²) in [5, 5.41) is 5.93. The van der Waals surface area contributed by atoms with Gasteiger partial charge in [0.15, 0.2) is 5.78 Å². The van der Waals surface area contributed by atoms with Crippen LogP contribution in [0.4, 0.5) is 35.0 Å². The lowest BCUT2D eigenvalue weighted by Crippen LogP contribution is -2.21. The van der Waals surface area contributed by atoms with E-state index in [0.717, 1.165) is 35.5 Å². The van der Waals surface area contributed by atoms with Gasteiger partial charge >= 0.3 is 12.2 Å². The third-order valence-corrected chi connectivity index (χ3v) is 5.80. The molecule has 1 aliphatic rings. The fraction of sp³-hybridized carbons (Fsp3) is 0.130. The van der Waals surface area contributed by atoms with Crippen LogP contribution in [0, 0.1) is 0 Å². The van der Waals surface area contributed by atoms with Crippen molar-refractivity contribution in [2.75, 3.05) is 22.1 Å². The van der Waals surface area contributed by atoms with E-state index >= 15 is 0 Å². The van der Waals surface area contributed by atoms with Crippen LogP contribution in [0.3, 0.4) is 0 Å². The number of halogens is 5. The third-order valence-electron chi connectivity index (χ3n) is 5.06. The van der Waals surface area contributed by atoms with E-state index in [-0.39, 0.29) is 18.0 Å². The summed E-state index contributed by atoms with van der Waals surface area (Å²) in [6.45, 7) is 0.633. The first kappa shape index (κ1) is 22.9. The van der Waals surface area contributed by atoms with Crippen LogP contribution in [-0.4, -0.2) is 18.4 Å². The maximum absolute atomic E-state index is 12.7. The Hall–Kier alpha value is -3.23. The molecule has 170 valence electrons. The molecule has 2 amide bonds. The number of Topliss-reactive ketones (excluding diaryl/α,β-unsaturated/α-hetero) is 1. The molecule has 1 heterocycles. The second kappa shape index (κ2) is 8.96. The topological polar surface area (TPSA) is 61.4 Å². The van der Waals surface area contributed by atoms with Crippen LogP contribution in [-0.2, 0) is 12.7 Å². The van der Waals surface area contributed by atoms with Crippen LogP contribution in [0.15, 0.2) is 60.7 Å². The number of anilines is 3. The highest BCUT2D eigenvalue weighted by molar-refractivity contribution is 6.42. The second-order valence-electron chi connectivity index (χ2n) is 7.41. The molecular weight excluding hydrogens is 478 g/mol. The Morgan fingerprint density at radius 3 is 2.24 bits per heavy atom. The van der Waals surface area contributed by atoms with E-state index in [2.05, 4.69) is 10.6 Å². The van der Waals surface area contributed by atoms with Crippen LogP contribution in [0.5, 0.6) is 0 Å². The summed E-state index contributed by atoms with van der Waals surface area (Å²) in [6.07, 6.45) is -4.45. The average Bonchev–Trinajstić information content (AvgIpc) is 3.05. The van der Waals surface area contributed by atoms with Crippen molar-refractivity contribution in [3.8, 4) is 0 Å². The molecule has 0 atom stereocenters. The fourth-order valence-corrected chi connectivity index (χ4v) is 3.81. The molecular formula is C23H16Cl2F3N3O2. The second-order valence-corrected chi connectivity index (χ2v) is 8.23. The number of urea groups is 1. The Labute approximate surface area is 197 Å². The number of benzene rings is 3. The molecule has 0 bridgehead atoms. The number of ketones is 1. The van der Waals surface area contributed by atoms with Crippen molar-refractivity contribution >= 4 is 52.1 Å². The van der Waals surface area contributed by atoms with Gasteiger partial charge < -0.3 is 15.5 Å². The number of fused-ring (bicyclic) bond motifs is 1. The minimum Gasteiger partial charge on any atom is -0.359 e. The van der Waals surface area contributed by atoms with E-state index in [1.165, 1.54) is 0 Å². The smallest absolute Gasteiger partial charge is 0.359 e. The molecule has 5 nitrogen and oxygen atoms in total. The van der Waals surface area contributed by atoms with Gasteiger partial charge in [0.1, 0.15) is 0 Å². The monoisotopic (exact) mass is 493 g/mol. The third kappa shape index (κ3) is 5.23. The summed E-state index contributed by atoms with van der Waals surface area (Å²) in [7, 11) is 0. The van der Waals surface area contributed by atoms with Gasteiger partial charge in [0, 0.05) is 29.2 Å². The van der Waals surface area contributed by atoms with Crippen molar-refractivity contribution in [2.45, 2.75) is 12.7 Å². The summed E-state index contributed by atoms with van der Waals surface area (Å²) < 4.78 is 38.0. The molecule has 4 rings (SSSR count). The van der Waals surface area contributed by atoms with E-state index in [9.17, 15) is 22.8 Å². The number of alkyl halides is 3. The van der Waals surface area contributed by atoms with Crippen molar-refractivity contribution in [1.82, 2.24) is 0 Å². The zero-order valence-electron chi connectivity index (χ0n) is 16.8. The molecule has 0 radical (unpaired) electrons. The van der Waals surface area contributed by atoms with Gasteiger partial charge in [-0.15, -0.1) is 0 Å². The lowest BCUT2D eigenvalue weighted by atomic mass is 10.1. The summed E-state index contributed by atoms with van der Waals surface area (Å²) >= 11 is 12.0. The summed E-state index contributed by atoms with van der Waals surface area (Å²) in [6, 6.07) is 13.7. The molecule has 0 saturated carbocycles. The maximum Gasteiger partial charge on any atom is 0.416 e. The van der Waals surface area contributed by atoms with Gasteiger partial charge in [0.05, 0.1) is 22.2 Å². The van der Waals surface area contributed by atoms with Crippen LogP contribution in [0.2, 0.25) is 10.0 Å². The average molecular weight is 494 g/mol. The van der Waals surface area contributed by atoms with Crippen LogP contribution < -0.4 is 15.5 Å². The Morgan fingerprint density at radius 2 is 1.58 bits per heavy atom. The zero-order valence-corrected chi connectivity index (χ0v) is 18.4. The zero-order chi connectivity index (χ0) is 23.8. The molecule has 2 N–H and O–H groups in total. The quantitative estimate of drug-likeness (QED) is 0.417. The van der Waals surface area contributed by atoms with Crippen LogP contribution >= 0.6 is 23.2 Å². The minimum atomic E-state index is -4.45. The molecule has 0 unspecified atom stereocenters. The predicted octanol–water partition coefficient (Wildman–Crippen LogP) is 6.86. The highest BCUT2D eigenvalue weighted by Gasteiger charge is 2.30. The summed E-state index contributed by atoms with van der Waals surface area (Å²) in [5.74, 6) is -0.100. The standard InChI is InChI=1S/C23H16Cl2F3N3O2/c24-18-7-1-13(9-19(18)25)11-31-12-21(32)17-10-16(6-8-20(17)31)30-22(33)29-15-4-2-14(3-5-15)23(26,27)28/h1-10H,11-12H2,(H2,29,30,33). The van der Waals surface area contributed by atoms with Crippen LogP contribution in [0.25, 0.3) is 0 Å². The number of nitrogens with one attached hydrogen (secondary N) is 2. The Kier molecular flexibility index (Phi) is 6.23. The van der Waals surface area contributed by atoms with Crippen molar-refractivity contribution in [2.24, 2.45) is 0 Å². The number of hydrogen-bond acceptors (Lipinski definition) is 3. The number of carbonyl (C=O) groups is 2. The van der Waals surface area contributed by atoms with E-state index in [1.54, 1.807) is 30.3 Å². The van der Waals surface area contributed by atoms with E-state index < -0.39 is 17.8 Å². The molecule has 0 aromatic heterocycles. The molecule has 3 aromatic carbocycles. The van der Waals surface area contributed by atoms with E-state index in [4.69, 9.17) is 23.2 Å². The predicted molar refractivity (Wildman–Crippen MR) is 122 cm³/mol. The SMILES string of the molecule is O=C(Nc1ccc(C(F)(F)F)cc1)Nc1ccc2c(c1)C(=O)CN2Cc1ccc(Cl)c(Cl)c1. The highest BCUT2D eigenvalue weighted by atomic mass is 35.5. The number of carbonyl (C=O) groups excluding carboxylic acids is 2. The molecule has 0 saturated heterocycles. The maximum atomic E-state index is 12.7. The van der Waals surface area contributed by atoms with Gasteiger partial charge in [-0.3, -0.25) is 4.79 Å². The van der Waals surface area contributed by atoms with Gasteiger partial charge in [-0.25, -0.2) is 4.79 Å². The van der Waals surface area contributed by atoms with Crippen LogP contribution in [0.1, 0.15) is 21.5 Å². The van der Waals surface area contributed by atoms with Gasteiger partial charge in [0.25, 0.3) is 0 Å². The van der Waals surface area contributed by atoms with Crippen molar-refractivity contribution in [3.63, 3.8) is 0 Å². The lowest BCUT2D eigenvalue weighted by molar-refractivity contribution is -0.137. The summed E-state index contributed by atoms with van der Waals surface area (Å²) in [5.41, 5.74) is 1.84. The molecule has 33 heavy (non-hydrogen) atoms. The van der Waals surface area contributed by atoms with Gasteiger partial charge in [-0.2, -0.15) is 13.2 Å². The number of amides is 2. The van der Waals surface area contributed by atoms with Gasteiger partial charge in [-0.05, 0) is 60.2 Å². The first-order valence-corrected chi connectivity index (χ1v) is 10.5. The number of nitrogens with zero attached hydrogens (tertiary/aromatic N) is 1. The highest BCUT2D eigenvalue weighted by Crippen LogP contribution is 2.33. The fourth-order valence-electron chi connectivity index (χ4n) is 3.49. The van der Waals surface area contributed by atoms with Gasteiger partial charge in [0.2, 0.25) is 0 Å². The van der Waals surface area contributed by atoms with E-state index in [1.807, 2.05) is 11.0 Å². The Morgan fingerprint density at radius 1 is 0.909 bits per heavy atom.